The summed E-state index contributed by atoms with van der Waals surface area (Å²) < 4.78 is 0. The van der Waals surface area contributed by atoms with Gasteiger partial charge in [0.15, 0.2) is 0 Å². The van der Waals surface area contributed by atoms with Crippen molar-refractivity contribution in [2.24, 2.45) is 0 Å². The number of unbranched alkanes of at least 4 members (excludes halogenated alkanes) is 23. The van der Waals surface area contributed by atoms with Crippen molar-refractivity contribution < 1.29 is 10.2 Å². The summed E-state index contributed by atoms with van der Waals surface area (Å²) in [6.07, 6.45) is 39.6. The zero-order valence-electron chi connectivity index (χ0n) is 25.0. The van der Waals surface area contributed by atoms with Gasteiger partial charge in [0, 0.05) is 0 Å². The predicted octanol–water partition coefficient (Wildman–Crippen LogP) is 11.2. The molecule has 0 heterocycles. The molecule has 0 saturated carbocycles. The Morgan fingerprint density at radius 1 is 0.361 bits per heavy atom. The maximum atomic E-state index is 10.3. The van der Waals surface area contributed by atoms with Gasteiger partial charge in [-0.1, -0.05) is 167 Å². The van der Waals surface area contributed by atoms with Gasteiger partial charge < -0.3 is 10.2 Å². The second-order valence-electron chi connectivity index (χ2n) is 11.5. The van der Waals surface area contributed by atoms with Crippen molar-refractivity contribution >= 4 is 0 Å². The highest BCUT2D eigenvalue weighted by Crippen LogP contribution is 2.16. The van der Waals surface area contributed by atoms with Crippen LogP contribution in [0.5, 0.6) is 0 Å². The Kier molecular flexibility index (Phi) is 30.6. The van der Waals surface area contributed by atoms with Gasteiger partial charge in [0.2, 0.25) is 0 Å². The first-order valence-electron chi connectivity index (χ1n) is 16.7. The average molecular weight is 509 g/mol. The highest BCUT2D eigenvalue weighted by molar-refractivity contribution is 4.81. The van der Waals surface area contributed by atoms with E-state index in [2.05, 4.69) is 26.0 Å². The summed E-state index contributed by atoms with van der Waals surface area (Å²) in [6.45, 7) is 4.56. The van der Waals surface area contributed by atoms with E-state index in [1.54, 1.807) is 0 Å². The van der Waals surface area contributed by atoms with Crippen molar-refractivity contribution in [1.29, 1.82) is 0 Å². The SMILES string of the molecule is CCCCCCCC/C=C\CCCCCCCC(O)C(O)CCCCCCCCCCCCCCC. The molecule has 0 aliphatic rings. The van der Waals surface area contributed by atoms with Gasteiger partial charge in [0.05, 0.1) is 12.2 Å². The number of aliphatic hydroxyl groups is 2. The van der Waals surface area contributed by atoms with Crippen LogP contribution in [0.3, 0.4) is 0 Å². The Morgan fingerprint density at radius 3 is 0.917 bits per heavy atom. The van der Waals surface area contributed by atoms with E-state index in [1.165, 1.54) is 154 Å². The normalized spacial score (nSPS) is 13.6. The van der Waals surface area contributed by atoms with E-state index in [9.17, 15) is 10.2 Å². The maximum Gasteiger partial charge on any atom is 0.0799 e. The van der Waals surface area contributed by atoms with Gasteiger partial charge in [-0.3, -0.25) is 0 Å². The topological polar surface area (TPSA) is 40.5 Å². The van der Waals surface area contributed by atoms with Crippen LogP contribution in [0.15, 0.2) is 12.2 Å². The lowest BCUT2D eigenvalue weighted by Crippen LogP contribution is -2.25. The predicted molar refractivity (Wildman–Crippen MR) is 162 cm³/mol. The zero-order chi connectivity index (χ0) is 26.4. The van der Waals surface area contributed by atoms with Gasteiger partial charge >= 0.3 is 0 Å². The first kappa shape index (κ1) is 35.7. The molecule has 0 aromatic rings. The third-order valence-electron chi connectivity index (χ3n) is 7.81. The number of aliphatic hydroxyl groups excluding tert-OH is 2. The molecular formula is C34H68O2. The van der Waals surface area contributed by atoms with Gasteiger partial charge in [0.1, 0.15) is 0 Å². The second-order valence-corrected chi connectivity index (χ2v) is 11.5. The maximum absolute atomic E-state index is 10.3. The van der Waals surface area contributed by atoms with E-state index in [1.807, 2.05) is 0 Å². The Labute approximate surface area is 228 Å². The molecule has 0 saturated heterocycles. The zero-order valence-corrected chi connectivity index (χ0v) is 25.0. The quantitative estimate of drug-likeness (QED) is 0.0748. The van der Waals surface area contributed by atoms with Gasteiger partial charge in [-0.05, 0) is 38.5 Å². The molecule has 0 aliphatic carbocycles. The van der Waals surface area contributed by atoms with Crippen molar-refractivity contribution in [1.82, 2.24) is 0 Å². The van der Waals surface area contributed by atoms with Crippen LogP contribution in [0.25, 0.3) is 0 Å². The third-order valence-corrected chi connectivity index (χ3v) is 7.81. The molecule has 216 valence electrons. The van der Waals surface area contributed by atoms with Gasteiger partial charge in [-0.15, -0.1) is 0 Å². The molecule has 0 aromatic heterocycles. The molecular weight excluding hydrogens is 440 g/mol. The summed E-state index contributed by atoms with van der Waals surface area (Å²) in [7, 11) is 0. The molecule has 0 radical (unpaired) electrons. The number of rotatable bonds is 30. The highest BCUT2D eigenvalue weighted by atomic mass is 16.3. The van der Waals surface area contributed by atoms with Crippen molar-refractivity contribution in [3.8, 4) is 0 Å². The molecule has 2 N–H and O–H groups in total. The number of hydrogen-bond acceptors (Lipinski definition) is 2. The lowest BCUT2D eigenvalue weighted by Gasteiger charge is -2.17. The molecule has 2 nitrogen and oxygen atoms in total. The van der Waals surface area contributed by atoms with Gasteiger partial charge in [-0.2, -0.15) is 0 Å². The van der Waals surface area contributed by atoms with E-state index in [-0.39, 0.29) is 0 Å². The highest BCUT2D eigenvalue weighted by Gasteiger charge is 2.15. The summed E-state index contributed by atoms with van der Waals surface area (Å²) in [5.41, 5.74) is 0. The number of hydrogen-bond donors (Lipinski definition) is 2. The molecule has 36 heavy (non-hydrogen) atoms. The smallest absolute Gasteiger partial charge is 0.0799 e. The minimum Gasteiger partial charge on any atom is -0.390 e. The average Bonchev–Trinajstić information content (AvgIpc) is 2.88. The van der Waals surface area contributed by atoms with Crippen LogP contribution >= 0.6 is 0 Å². The van der Waals surface area contributed by atoms with Crippen molar-refractivity contribution in [3.05, 3.63) is 12.2 Å². The van der Waals surface area contributed by atoms with Crippen LogP contribution < -0.4 is 0 Å². The van der Waals surface area contributed by atoms with Crippen LogP contribution in [0.4, 0.5) is 0 Å². The van der Waals surface area contributed by atoms with Crippen molar-refractivity contribution in [2.75, 3.05) is 0 Å². The monoisotopic (exact) mass is 509 g/mol. The molecule has 0 rings (SSSR count). The molecule has 0 aliphatic heterocycles. The van der Waals surface area contributed by atoms with E-state index in [0.29, 0.717) is 0 Å². The molecule has 0 fully saturated rings. The van der Waals surface area contributed by atoms with Crippen LogP contribution in [-0.4, -0.2) is 22.4 Å². The Morgan fingerprint density at radius 2 is 0.611 bits per heavy atom. The largest absolute Gasteiger partial charge is 0.390 e. The first-order chi connectivity index (χ1) is 17.7. The summed E-state index contributed by atoms with van der Waals surface area (Å²) in [4.78, 5) is 0. The van der Waals surface area contributed by atoms with E-state index < -0.39 is 12.2 Å². The van der Waals surface area contributed by atoms with Crippen molar-refractivity contribution in [3.63, 3.8) is 0 Å². The minimum atomic E-state index is -0.521. The van der Waals surface area contributed by atoms with E-state index >= 15 is 0 Å². The molecule has 0 bridgehead atoms. The van der Waals surface area contributed by atoms with Crippen LogP contribution in [-0.2, 0) is 0 Å². The van der Waals surface area contributed by atoms with Crippen LogP contribution in [0, 0.1) is 0 Å². The van der Waals surface area contributed by atoms with Gasteiger partial charge in [-0.25, -0.2) is 0 Å². The fraction of sp³-hybridized carbons (Fsp3) is 0.941. The standard InChI is InChI=1S/C34H68O2/c1-3-5-7-9-11-13-15-17-18-20-22-24-26-28-30-32-34(36)33(35)31-29-27-25-23-21-19-16-14-12-10-8-6-4-2/h17-18,33-36H,3-16,19-32H2,1-2H3/b18-17-. The van der Waals surface area contributed by atoms with Crippen LogP contribution in [0.2, 0.25) is 0 Å². The third kappa shape index (κ3) is 28.2. The van der Waals surface area contributed by atoms with E-state index in [4.69, 9.17) is 0 Å². The Balaban J connectivity index is 3.32. The fourth-order valence-electron chi connectivity index (χ4n) is 5.18. The molecule has 0 amide bonds. The fourth-order valence-corrected chi connectivity index (χ4v) is 5.18. The summed E-state index contributed by atoms with van der Waals surface area (Å²) >= 11 is 0. The Hall–Kier alpha value is -0.340. The first-order valence-corrected chi connectivity index (χ1v) is 16.7. The Bertz CT molecular complexity index is 419. The number of allylic oxidation sites excluding steroid dienone is 2. The van der Waals surface area contributed by atoms with Gasteiger partial charge in [0.25, 0.3) is 0 Å². The molecule has 0 spiro atoms. The summed E-state index contributed by atoms with van der Waals surface area (Å²) in [5, 5.41) is 20.5. The van der Waals surface area contributed by atoms with E-state index in [0.717, 1.165) is 25.7 Å². The summed E-state index contributed by atoms with van der Waals surface area (Å²) in [6, 6.07) is 0. The van der Waals surface area contributed by atoms with Crippen molar-refractivity contribution in [2.45, 2.75) is 206 Å². The second kappa shape index (κ2) is 30.9. The lowest BCUT2D eigenvalue weighted by molar-refractivity contribution is 0.00712. The lowest BCUT2D eigenvalue weighted by atomic mass is 9.99. The molecule has 2 unspecified atom stereocenters. The molecule has 0 aromatic carbocycles. The minimum absolute atomic E-state index is 0.519. The molecule has 2 atom stereocenters. The molecule has 2 heteroatoms. The summed E-state index contributed by atoms with van der Waals surface area (Å²) in [5.74, 6) is 0. The van der Waals surface area contributed by atoms with Crippen LogP contribution in [0.1, 0.15) is 194 Å².